The zero-order chi connectivity index (χ0) is 13.8. The van der Waals surface area contributed by atoms with E-state index in [0.29, 0.717) is 0 Å². The van der Waals surface area contributed by atoms with Gasteiger partial charge in [-0.2, -0.15) is 5.10 Å². The first-order valence-corrected chi connectivity index (χ1v) is 6.82. The lowest BCUT2D eigenvalue weighted by molar-refractivity contribution is 0.723. The molecule has 102 valence electrons. The first-order valence-electron chi connectivity index (χ1n) is 6.82. The van der Waals surface area contributed by atoms with Crippen LogP contribution >= 0.6 is 0 Å². The highest BCUT2D eigenvalue weighted by atomic mass is 15.4. The fourth-order valence-electron chi connectivity index (χ4n) is 2.39. The first-order chi connectivity index (χ1) is 9.19. The average Bonchev–Trinajstić information content (AvgIpc) is 2.69. The van der Waals surface area contributed by atoms with Crippen molar-refractivity contribution >= 4 is 17.2 Å². The molecule has 19 heavy (non-hydrogen) atoms. The van der Waals surface area contributed by atoms with Crippen molar-refractivity contribution in [2.45, 2.75) is 26.7 Å². The van der Waals surface area contributed by atoms with Gasteiger partial charge < -0.3 is 10.6 Å². The smallest absolute Gasteiger partial charge is 0.154 e. The van der Waals surface area contributed by atoms with E-state index < -0.39 is 0 Å². The van der Waals surface area contributed by atoms with Crippen LogP contribution in [0.15, 0.2) is 30.3 Å². The van der Waals surface area contributed by atoms with Crippen molar-refractivity contribution in [2.75, 3.05) is 17.2 Å². The Balaban J connectivity index is 2.44. The molecule has 0 spiro atoms. The molecule has 4 heteroatoms. The van der Waals surface area contributed by atoms with Gasteiger partial charge in [-0.1, -0.05) is 31.5 Å². The van der Waals surface area contributed by atoms with Gasteiger partial charge in [0.25, 0.3) is 0 Å². The zero-order valence-electron chi connectivity index (χ0n) is 11.9. The quantitative estimate of drug-likeness (QED) is 0.896. The van der Waals surface area contributed by atoms with E-state index in [2.05, 4.69) is 36.0 Å². The average molecular weight is 258 g/mol. The predicted octanol–water partition coefficient (Wildman–Crippen LogP) is 3.11. The van der Waals surface area contributed by atoms with Gasteiger partial charge in [0, 0.05) is 19.3 Å². The lowest BCUT2D eigenvalue weighted by atomic mass is 10.2. The van der Waals surface area contributed by atoms with E-state index in [9.17, 15) is 0 Å². The number of para-hydroxylation sites is 1. The molecular weight excluding hydrogens is 236 g/mol. The lowest BCUT2D eigenvalue weighted by Gasteiger charge is -2.23. The molecule has 0 saturated heterocycles. The largest absolute Gasteiger partial charge is 0.394 e. The van der Waals surface area contributed by atoms with Gasteiger partial charge in [0.2, 0.25) is 0 Å². The number of benzene rings is 1. The van der Waals surface area contributed by atoms with Crippen molar-refractivity contribution in [1.82, 2.24) is 9.78 Å². The Morgan fingerprint density at radius 2 is 1.89 bits per heavy atom. The second kappa shape index (κ2) is 5.78. The van der Waals surface area contributed by atoms with Crippen molar-refractivity contribution in [3.63, 3.8) is 0 Å². The highest BCUT2D eigenvalue weighted by molar-refractivity contribution is 5.73. The van der Waals surface area contributed by atoms with Crippen LogP contribution in [0.25, 0.3) is 0 Å². The molecule has 2 rings (SSSR count). The Morgan fingerprint density at radius 1 is 1.21 bits per heavy atom. The molecule has 0 radical (unpaired) electrons. The van der Waals surface area contributed by atoms with Gasteiger partial charge in [0.15, 0.2) is 5.82 Å². The Morgan fingerprint density at radius 3 is 2.47 bits per heavy atom. The standard InChI is InChI=1S/C15H22N4/c1-4-9-13-14(16)15(18(3)17-13)19(5-2)12-10-7-6-8-11-12/h6-8,10-11H,4-5,9,16H2,1-3H3. The van der Waals surface area contributed by atoms with Crippen molar-refractivity contribution < 1.29 is 0 Å². The third-order valence-electron chi connectivity index (χ3n) is 3.26. The minimum atomic E-state index is 0.801. The fourth-order valence-corrected chi connectivity index (χ4v) is 2.39. The van der Waals surface area contributed by atoms with Gasteiger partial charge in [-0.3, -0.25) is 4.68 Å². The molecule has 0 amide bonds. The molecule has 1 aromatic heterocycles. The summed E-state index contributed by atoms with van der Waals surface area (Å²) in [5.41, 5.74) is 9.22. The molecule has 0 bridgehead atoms. The first kappa shape index (κ1) is 13.5. The SMILES string of the molecule is CCCc1nn(C)c(N(CC)c2ccccc2)c1N. The molecule has 0 saturated carbocycles. The van der Waals surface area contributed by atoms with E-state index in [4.69, 9.17) is 5.73 Å². The number of anilines is 3. The van der Waals surface area contributed by atoms with Crippen LogP contribution in [0.1, 0.15) is 26.0 Å². The predicted molar refractivity (Wildman–Crippen MR) is 80.7 cm³/mol. The van der Waals surface area contributed by atoms with Crippen LogP contribution < -0.4 is 10.6 Å². The fraction of sp³-hybridized carbons (Fsp3) is 0.400. The molecule has 4 nitrogen and oxygen atoms in total. The van der Waals surface area contributed by atoms with Crippen molar-refractivity contribution in [3.8, 4) is 0 Å². The highest BCUT2D eigenvalue weighted by Crippen LogP contribution is 2.32. The maximum absolute atomic E-state index is 6.28. The van der Waals surface area contributed by atoms with Gasteiger partial charge in [-0.15, -0.1) is 0 Å². The van der Waals surface area contributed by atoms with Gasteiger partial charge in [0.1, 0.15) is 0 Å². The zero-order valence-corrected chi connectivity index (χ0v) is 11.9. The third-order valence-corrected chi connectivity index (χ3v) is 3.26. The number of nitrogens with zero attached hydrogens (tertiary/aromatic N) is 3. The van der Waals surface area contributed by atoms with Gasteiger partial charge in [-0.25, -0.2) is 0 Å². The lowest BCUT2D eigenvalue weighted by Crippen LogP contribution is -2.20. The summed E-state index contributed by atoms with van der Waals surface area (Å²) in [6, 6.07) is 10.3. The number of nitrogens with two attached hydrogens (primary N) is 1. The topological polar surface area (TPSA) is 47.1 Å². The highest BCUT2D eigenvalue weighted by Gasteiger charge is 2.18. The molecule has 2 N–H and O–H groups in total. The van der Waals surface area contributed by atoms with Crippen molar-refractivity contribution in [2.24, 2.45) is 7.05 Å². The Hall–Kier alpha value is -1.97. The van der Waals surface area contributed by atoms with Crippen LogP contribution in [0, 0.1) is 0 Å². The Labute approximate surface area is 114 Å². The van der Waals surface area contributed by atoms with E-state index in [1.165, 1.54) is 0 Å². The van der Waals surface area contributed by atoms with Gasteiger partial charge in [-0.05, 0) is 25.5 Å². The maximum Gasteiger partial charge on any atom is 0.154 e. The molecule has 0 aliphatic carbocycles. The molecule has 0 atom stereocenters. The summed E-state index contributed by atoms with van der Waals surface area (Å²) in [7, 11) is 1.95. The third kappa shape index (κ3) is 2.57. The Bertz CT molecular complexity index is 531. The number of hydrogen-bond acceptors (Lipinski definition) is 3. The molecule has 0 fully saturated rings. The van der Waals surface area contributed by atoms with Crippen LogP contribution in [0.3, 0.4) is 0 Å². The molecule has 0 aliphatic rings. The number of rotatable bonds is 5. The summed E-state index contributed by atoms with van der Waals surface area (Å²) in [5, 5.41) is 4.54. The summed E-state index contributed by atoms with van der Waals surface area (Å²) in [5.74, 6) is 0.983. The number of aryl methyl sites for hydroxylation is 2. The van der Waals surface area contributed by atoms with E-state index in [1.54, 1.807) is 0 Å². The second-order valence-corrected chi connectivity index (χ2v) is 4.64. The summed E-state index contributed by atoms with van der Waals surface area (Å²) in [6.45, 7) is 5.13. The second-order valence-electron chi connectivity index (χ2n) is 4.64. The normalized spacial score (nSPS) is 10.7. The molecule has 0 aliphatic heterocycles. The van der Waals surface area contributed by atoms with Gasteiger partial charge >= 0.3 is 0 Å². The van der Waals surface area contributed by atoms with Crippen LogP contribution in [-0.2, 0) is 13.5 Å². The molecule has 2 aromatic rings. The van der Waals surface area contributed by atoms with Crippen molar-refractivity contribution in [1.29, 1.82) is 0 Å². The summed E-state index contributed by atoms with van der Waals surface area (Å²) in [6.07, 6.45) is 1.98. The monoisotopic (exact) mass is 258 g/mol. The van der Waals surface area contributed by atoms with E-state index in [1.807, 2.05) is 29.9 Å². The molecule has 1 heterocycles. The van der Waals surface area contributed by atoms with Gasteiger partial charge in [0.05, 0.1) is 11.4 Å². The number of hydrogen-bond donors (Lipinski definition) is 1. The van der Waals surface area contributed by atoms with Crippen LogP contribution in [0.5, 0.6) is 0 Å². The summed E-state index contributed by atoms with van der Waals surface area (Å²) < 4.78 is 1.89. The minimum Gasteiger partial charge on any atom is -0.394 e. The molecule has 1 aromatic carbocycles. The van der Waals surface area contributed by atoms with E-state index in [-0.39, 0.29) is 0 Å². The Kier molecular flexibility index (Phi) is 4.10. The number of nitrogen functional groups attached to an aromatic ring is 1. The van der Waals surface area contributed by atoms with Crippen LogP contribution in [-0.4, -0.2) is 16.3 Å². The summed E-state index contributed by atoms with van der Waals surface area (Å²) >= 11 is 0. The summed E-state index contributed by atoms with van der Waals surface area (Å²) in [4.78, 5) is 2.20. The molecular formula is C15H22N4. The minimum absolute atomic E-state index is 0.801. The van der Waals surface area contributed by atoms with E-state index in [0.717, 1.165) is 42.3 Å². The molecule has 0 unspecified atom stereocenters. The van der Waals surface area contributed by atoms with E-state index >= 15 is 0 Å². The van der Waals surface area contributed by atoms with Crippen molar-refractivity contribution in [3.05, 3.63) is 36.0 Å². The van der Waals surface area contributed by atoms with Crippen LogP contribution in [0.4, 0.5) is 17.2 Å². The number of aromatic nitrogens is 2. The maximum atomic E-state index is 6.28. The van der Waals surface area contributed by atoms with Crippen LogP contribution in [0.2, 0.25) is 0 Å².